The highest BCUT2D eigenvalue weighted by atomic mass is 16.5. The van der Waals surface area contributed by atoms with Gasteiger partial charge in [-0.3, -0.25) is 9.89 Å². The van der Waals surface area contributed by atoms with Crippen LogP contribution in [-0.2, 0) is 7.05 Å². The summed E-state index contributed by atoms with van der Waals surface area (Å²) in [5, 5.41) is 10.3. The van der Waals surface area contributed by atoms with E-state index in [0.717, 1.165) is 77.2 Å². The average molecular weight is 470 g/mol. The molecule has 2 aromatic carbocycles. The number of hydrogen-bond donors (Lipinski definition) is 3. The maximum Gasteiger partial charge on any atom is 0.176 e. The highest BCUT2D eigenvalue weighted by Gasteiger charge is 2.25. The first-order chi connectivity index (χ1) is 17.1. The van der Waals surface area contributed by atoms with Crippen LogP contribution in [0.15, 0.2) is 54.0 Å². The monoisotopic (exact) mass is 469 g/mol. The highest BCUT2D eigenvalue weighted by Crippen LogP contribution is 2.32. The summed E-state index contributed by atoms with van der Waals surface area (Å²) in [6.07, 6.45) is 5.06. The number of benzene rings is 2. The lowest BCUT2D eigenvalue weighted by atomic mass is 10.2. The predicted molar refractivity (Wildman–Crippen MR) is 137 cm³/mol. The normalized spacial score (nSPS) is 17.7. The Balaban J connectivity index is 1.20. The van der Waals surface area contributed by atoms with Crippen molar-refractivity contribution in [1.29, 1.82) is 0 Å². The molecule has 0 bridgehead atoms. The summed E-state index contributed by atoms with van der Waals surface area (Å²) in [5.41, 5.74) is 5.53. The van der Waals surface area contributed by atoms with Crippen molar-refractivity contribution in [3.8, 4) is 11.5 Å². The molecule has 10 nitrogen and oxygen atoms in total. The van der Waals surface area contributed by atoms with Crippen LogP contribution in [0.1, 0.15) is 11.3 Å². The maximum absolute atomic E-state index is 6.16. The number of aromatic nitrogens is 4. The van der Waals surface area contributed by atoms with Gasteiger partial charge in [0.25, 0.3) is 0 Å². The second kappa shape index (κ2) is 8.97. The maximum atomic E-state index is 6.16. The van der Waals surface area contributed by atoms with Crippen LogP contribution >= 0.6 is 0 Å². The van der Waals surface area contributed by atoms with Crippen LogP contribution in [-0.4, -0.2) is 63.1 Å². The van der Waals surface area contributed by atoms with E-state index in [1.54, 1.807) is 12.7 Å². The SMILES string of the molecule is Cc1cc(Nc2ncnc3c2NC(N2CCNCC2)N=C3)ccc1Oc1ccc2c(c1)ncn2C. The van der Waals surface area contributed by atoms with E-state index >= 15 is 0 Å². The first-order valence-corrected chi connectivity index (χ1v) is 11.7. The van der Waals surface area contributed by atoms with Crippen molar-refractivity contribution in [3.05, 3.63) is 60.3 Å². The van der Waals surface area contributed by atoms with Crippen LogP contribution in [0.25, 0.3) is 11.0 Å². The Bertz CT molecular complexity index is 1410. The Morgan fingerprint density at radius 2 is 1.94 bits per heavy atom. The molecule has 4 heterocycles. The molecular formula is C25H27N9O. The molecule has 0 radical (unpaired) electrons. The van der Waals surface area contributed by atoms with E-state index < -0.39 is 0 Å². The van der Waals surface area contributed by atoms with Crippen LogP contribution in [0.2, 0.25) is 0 Å². The van der Waals surface area contributed by atoms with Gasteiger partial charge in [0.1, 0.15) is 29.2 Å². The number of fused-ring (bicyclic) bond motifs is 2. The molecule has 35 heavy (non-hydrogen) atoms. The highest BCUT2D eigenvalue weighted by molar-refractivity contribution is 5.92. The number of nitrogens with zero attached hydrogens (tertiary/aromatic N) is 6. The third kappa shape index (κ3) is 4.29. The Labute approximate surface area is 203 Å². The van der Waals surface area contributed by atoms with Crippen LogP contribution < -0.4 is 20.7 Å². The first kappa shape index (κ1) is 21.5. The van der Waals surface area contributed by atoms with Crippen molar-refractivity contribution in [2.75, 3.05) is 36.8 Å². The molecule has 10 heteroatoms. The largest absolute Gasteiger partial charge is 0.457 e. The van der Waals surface area contributed by atoms with Gasteiger partial charge in [0.15, 0.2) is 12.1 Å². The average Bonchev–Trinajstić information content (AvgIpc) is 3.26. The fraction of sp³-hybridized carbons (Fsp3) is 0.280. The van der Waals surface area contributed by atoms with E-state index in [1.807, 2.05) is 61.2 Å². The first-order valence-electron chi connectivity index (χ1n) is 11.7. The summed E-state index contributed by atoms with van der Waals surface area (Å²) in [4.78, 5) is 20.3. The van der Waals surface area contributed by atoms with E-state index in [2.05, 4.69) is 40.8 Å². The lowest BCUT2D eigenvalue weighted by Gasteiger charge is -2.35. The molecule has 0 saturated carbocycles. The summed E-state index contributed by atoms with van der Waals surface area (Å²) in [6.45, 7) is 5.82. The third-order valence-electron chi connectivity index (χ3n) is 6.35. The number of nitrogens with one attached hydrogen (secondary N) is 3. The number of rotatable bonds is 5. The molecule has 1 fully saturated rings. The number of hydrogen-bond acceptors (Lipinski definition) is 9. The van der Waals surface area contributed by atoms with Gasteiger partial charge < -0.3 is 25.3 Å². The van der Waals surface area contributed by atoms with E-state index in [-0.39, 0.29) is 6.29 Å². The van der Waals surface area contributed by atoms with Crippen molar-refractivity contribution < 1.29 is 4.74 Å². The Hall–Kier alpha value is -4.02. The van der Waals surface area contributed by atoms with Crippen LogP contribution in [0, 0.1) is 6.92 Å². The zero-order valence-electron chi connectivity index (χ0n) is 19.7. The van der Waals surface area contributed by atoms with Crippen molar-refractivity contribution in [2.45, 2.75) is 13.2 Å². The fourth-order valence-electron chi connectivity index (χ4n) is 4.44. The van der Waals surface area contributed by atoms with Crippen LogP contribution in [0.4, 0.5) is 17.2 Å². The van der Waals surface area contributed by atoms with Gasteiger partial charge in [-0.15, -0.1) is 0 Å². The molecule has 1 atom stereocenters. The number of imidazole rings is 1. The molecule has 0 aliphatic carbocycles. The molecule has 0 amide bonds. The molecule has 3 N–H and O–H groups in total. The van der Waals surface area contributed by atoms with Crippen LogP contribution in [0.5, 0.6) is 11.5 Å². The summed E-state index contributed by atoms with van der Waals surface area (Å²) >= 11 is 0. The molecule has 178 valence electrons. The number of piperazine rings is 1. The number of anilines is 3. The minimum Gasteiger partial charge on any atom is -0.457 e. The van der Waals surface area contributed by atoms with E-state index in [4.69, 9.17) is 4.74 Å². The minimum absolute atomic E-state index is 0.120. The standard InChI is InChI=1S/C25H27N9O/c1-16-11-17(3-6-22(16)35-18-4-5-21-19(12-18)30-15-33(21)2)31-24-23-20(28-14-29-24)13-27-25(32-23)34-9-7-26-8-10-34/h3-6,11-15,25-26,32H,7-10H2,1-2H3,(H,28,29,31). The van der Waals surface area contributed by atoms with E-state index in [9.17, 15) is 0 Å². The summed E-state index contributed by atoms with van der Waals surface area (Å²) in [5.74, 6) is 2.27. The fourth-order valence-corrected chi connectivity index (χ4v) is 4.44. The molecule has 4 aromatic rings. The molecule has 6 rings (SSSR count). The quantitative estimate of drug-likeness (QED) is 0.409. The molecule has 1 saturated heterocycles. The van der Waals surface area contributed by atoms with Gasteiger partial charge in [-0.25, -0.2) is 15.0 Å². The van der Waals surface area contributed by atoms with Gasteiger partial charge in [-0.2, -0.15) is 0 Å². The number of aryl methyl sites for hydroxylation is 2. The summed E-state index contributed by atoms with van der Waals surface area (Å²) < 4.78 is 8.15. The lowest BCUT2D eigenvalue weighted by molar-refractivity contribution is 0.194. The second-order valence-electron chi connectivity index (χ2n) is 8.78. The lowest BCUT2D eigenvalue weighted by Crippen LogP contribution is -2.51. The Morgan fingerprint density at radius 1 is 1.06 bits per heavy atom. The van der Waals surface area contributed by atoms with Gasteiger partial charge >= 0.3 is 0 Å². The zero-order chi connectivity index (χ0) is 23.8. The van der Waals surface area contributed by atoms with Crippen molar-refractivity contribution >= 4 is 34.4 Å². The second-order valence-corrected chi connectivity index (χ2v) is 8.78. The summed E-state index contributed by atoms with van der Waals surface area (Å²) in [6, 6.07) is 11.9. The predicted octanol–water partition coefficient (Wildman–Crippen LogP) is 3.24. The molecular weight excluding hydrogens is 442 g/mol. The summed E-state index contributed by atoms with van der Waals surface area (Å²) in [7, 11) is 1.98. The van der Waals surface area contributed by atoms with Crippen LogP contribution in [0.3, 0.4) is 0 Å². The smallest absolute Gasteiger partial charge is 0.176 e. The van der Waals surface area contributed by atoms with Gasteiger partial charge in [0, 0.05) is 45.0 Å². The molecule has 2 aliphatic heterocycles. The Kier molecular flexibility index (Phi) is 5.51. The topological polar surface area (TPSA) is 105 Å². The van der Waals surface area contributed by atoms with Crippen molar-refractivity contribution in [1.82, 2.24) is 29.7 Å². The molecule has 1 unspecified atom stereocenters. The van der Waals surface area contributed by atoms with Gasteiger partial charge in [0.05, 0.1) is 23.6 Å². The molecule has 2 aromatic heterocycles. The molecule has 0 spiro atoms. The van der Waals surface area contributed by atoms with Crippen molar-refractivity contribution in [3.63, 3.8) is 0 Å². The number of ether oxygens (including phenoxy) is 1. The van der Waals surface area contributed by atoms with Gasteiger partial charge in [0.2, 0.25) is 0 Å². The van der Waals surface area contributed by atoms with E-state index in [0.29, 0.717) is 0 Å². The van der Waals surface area contributed by atoms with Gasteiger partial charge in [-0.05, 0) is 42.8 Å². The molecule has 2 aliphatic rings. The third-order valence-corrected chi connectivity index (χ3v) is 6.35. The van der Waals surface area contributed by atoms with Crippen molar-refractivity contribution in [2.24, 2.45) is 12.0 Å². The zero-order valence-corrected chi connectivity index (χ0v) is 19.7. The van der Waals surface area contributed by atoms with E-state index in [1.165, 1.54) is 0 Å². The Morgan fingerprint density at radius 3 is 2.80 bits per heavy atom. The minimum atomic E-state index is -0.120. The van der Waals surface area contributed by atoms with Gasteiger partial charge in [-0.1, -0.05) is 0 Å². The number of aliphatic imine (C=N–C) groups is 1.